The Balaban J connectivity index is 3.05. The molecule has 144 valence electrons. The van der Waals surface area contributed by atoms with E-state index in [9.17, 15) is 35.9 Å². The lowest BCUT2D eigenvalue weighted by Gasteiger charge is -2.16. The van der Waals surface area contributed by atoms with Crippen LogP contribution in [0.2, 0.25) is 0 Å². The molecule has 0 fully saturated rings. The van der Waals surface area contributed by atoms with Crippen molar-refractivity contribution in [2.45, 2.75) is 37.7 Å². The first kappa shape index (κ1) is 21.5. The molecule has 0 radical (unpaired) electrons. The lowest BCUT2D eigenvalue weighted by molar-refractivity contribution is -0.143. The second kappa shape index (κ2) is 8.24. The zero-order valence-electron chi connectivity index (χ0n) is 13.4. The van der Waals surface area contributed by atoms with Gasteiger partial charge in [0.1, 0.15) is 6.04 Å². The number of halogens is 6. The predicted molar refractivity (Wildman–Crippen MR) is 80.7 cm³/mol. The number of carbonyl (C=O) groups excluding carboxylic acids is 2. The Morgan fingerprint density at radius 2 is 1.58 bits per heavy atom. The van der Waals surface area contributed by atoms with Crippen LogP contribution in [-0.2, 0) is 28.4 Å². The molecule has 0 bridgehead atoms. The highest BCUT2D eigenvalue weighted by atomic mass is 19.4. The average Bonchev–Trinajstić information content (AvgIpc) is 2.49. The van der Waals surface area contributed by atoms with Gasteiger partial charge in [0.15, 0.2) is 0 Å². The van der Waals surface area contributed by atoms with Crippen LogP contribution >= 0.6 is 0 Å². The number of alkyl halides is 6. The number of nitrogens with one attached hydrogen (secondary N) is 1. The Bertz CT molecular complexity index is 650. The average molecular weight is 382 g/mol. The summed E-state index contributed by atoms with van der Waals surface area (Å²) in [6.45, 7) is 3.43. The van der Waals surface area contributed by atoms with Crippen molar-refractivity contribution in [3.8, 4) is 0 Å². The van der Waals surface area contributed by atoms with Crippen LogP contribution in [-0.4, -0.2) is 17.9 Å². The van der Waals surface area contributed by atoms with E-state index in [2.05, 4.69) is 11.9 Å². The minimum atomic E-state index is -5.01. The minimum Gasteiger partial charge on any atom is -0.368 e. The van der Waals surface area contributed by atoms with Gasteiger partial charge in [-0.1, -0.05) is 6.08 Å². The topological polar surface area (TPSA) is 72.2 Å². The number of benzene rings is 1. The van der Waals surface area contributed by atoms with Gasteiger partial charge in [0.2, 0.25) is 11.8 Å². The molecule has 0 saturated carbocycles. The predicted octanol–water partition coefficient (Wildman–Crippen LogP) is 3.20. The minimum absolute atomic E-state index is 0.0301. The zero-order chi connectivity index (χ0) is 20.1. The van der Waals surface area contributed by atoms with Crippen LogP contribution in [0.15, 0.2) is 30.9 Å². The maximum atomic E-state index is 12.8. The van der Waals surface area contributed by atoms with Gasteiger partial charge in [0.25, 0.3) is 0 Å². The third kappa shape index (κ3) is 6.41. The number of rotatable bonds is 7. The molecule has 4 nitrogen and oxygen atoms in total. The van der Waals surface area contributed by atoms with E-state index < -0.39 is 53.3 Å². The van der Waals surface area contributed by atoms with Crippen molar-refractivity contribution >= 4 is 11.8 Å². The van der Waals surface area contributed by atoms with Gasteiger partial charge in [-0.25, -0.2) is 0 Å². The molecule has 0 spiro atoms. The van der Waals surface area contributed by atoms with Gasteiger partial charge in [-0.2, -0.15) is 26.3 Å². The Kier molecular flexibility index (Phi) is 6.82. The number of allylic oxidation sites excluding steroid dienone is 1. The van der Waals surface area contributed by atoms with Crippen molar-refractivity contribution < 1.29 is 35.9 Å². The highest BCUT2D eigenvalue weighted by Crippen LogP contribution is 2.36. The second-order valence-electron chi connectivity index (χ2n) is 5.48. The molecule has 1 rings (SSSR count). The van der Waals surface area contributed by atoms with E-state index in [-0.39, 0.29) is 12.5 Å². The summed E-state index contributed by atoms with van der Waals surface area (Å²) in [6.07, 6.45) is -8.88. The van der Waals surface area contributed by atoms with Crippen molar-refractivity contribution in [3.05, 3.63) is 47.5 Å². The van der Waals surface area contributed by atoms with Gasteiger partial charge in [0.05, 0.1) is 17.5 Å². The monoisotopic (exact) mass is 382 g/mol. The molecular weight excluding hydrogens is 366 g/mol. The van der Waals surface area contributed by atoms with Crippen molar-refractivity contribution in [2.75, 3.05) is 0 Å². The van der Waals surface area contributed by atoms with Gasteiger partial charge in [0, 0.05) is 0 Å². The number of nitrogens with two attached hydrogens (primary N) is 1. The smallest absolute Gasteiger partial charge is 0.368 e. The first-order valence-electron chi connectivity index (χ1n) is 7.32. The molecule has 0 aromatic heterocycles. The molecule has 0 aliphatic carbocycles. The van der Waals surface area contributed by atoms with Crippen LogP contribution in [0.1, 0.15) is 29.5 Å². The lowest BCUT2D eigenvalue weighted by atomic mass is 10.0. The summed E-state index contributed by atoms with van der Waals surface area (Å²) in [5, 5.41) is 2.19. The molecule has 0 heterocycles. The van der Waals surface area contributed by atoms with Crippen molar-refractivity contribution in [1.29, 1.82) is 0 Å². The third-order valence-corrected chi connectivity index (χ3v) is 3.35. The number of amides is 2. The first-order chi connectivity index (χ1) is 11.8. The van der Waals surface area contributed by atoms with Crippen molar-refractivity contribution in [3.63, 3.8) is 0 Å². The lowest BCUT2D eigenvalue weighted by Crippen LogP contribution is -2.44. The highest BCUT2D eigenvalue weighted by molar-refractivity contribution is 5.87. The fourth-order valence-electron chi connectivity index (χ4n) is 2.12. The van der Waals surface area contributed by atoms with E-state index in [1.807, 2.05) is 0 Å². The molecule has 3 N–H and O–H groups in total. The zero-order valence-corrected chi connectivity index (χ0v) is 13.4. The molecule has 1 aromatic carbocycles. The van der Waals surface area contributed by atoms with E-state index in [1.165, 1.54) is 6.08 Å². The standard InChI is InChI=1S/C16H16F6N2O2/c1-2-3-4-12(14(23)26)24-13(25)7-9-5-10(15(17,18)19)8-11(6-9)16(20,21)22/h2,5-6,8,12H,1,3-4,7H2,(H2,23,26)(H,24,25)/t12-/m0/s1. The highest BCUT2D eigenvalue weighted by Gasteiger charge is 2.37. The number of primary amides is 1. The molecule has 1 aromatic rings. The SMILES string of the molecule is C=CCC[C@H](NC(=O)Cc1cc(C(F)(F)F)cc(C(F)(F)F)c1)C(N)=O. The Labute approximate surface area is 145 Å². The van der Waals surface area contributed by atoms with E-state index in [0.29, 0.717) is 18.6 Å². The third-order valence-electron chi connectivity index (χ3n) is 3.35. The van der Waals surface area contributed by atoms with Gasteiger partial charge >= 0.3 is 12.4 Å². The molecule has 0 aliphatic heterocycles. The van der Waals surface area contributed by atoms with Crippen LogP contribution in [0, 0.1) is 0 Å². The first-order valence-corrected chi connectivity index (χ1v) is 7.32. The Morgan fingerprint density at radius 3 is 1.96 bits per heavy atom. The van der Waals surface area contributed by atoms with Crippen LogP contribution in [0.25, 0.3) is 0 Å². The number of hydrogen-bond donors (Lipinski definition) is 2. The summed E-state index contributed by atoms with van der Waals surface area (Å²) >= 11 is 0. The normalized spacial score (nSPS) is 13.2. The summed E-state index contributed by atoms with van der Waals surface area (Å²) in [5.41, 5.74) is 1.57. The maximum Gasteiger partial charge on any atom is 0.416 e. The number of hydrogen-bond acceptors (Lipinski definition) is 2. The molecule has 1 atom stereocenters. The van der Waals surface area contributed by atoms with E-state index in [4.69, 9.17) is 5.73 Å². The molecule has 0 saturated heterocycles. The molecule has 2 amide bonds. The molecule has 0 aliphatic rings. The van der Waals surface area contributed by atoms with Gasteiger partial charge < -0.3 is 11.1 Å². The van der Waals surface area contributed by atoms with E-state index in [0.717, 1.165) is 0 Å². The summed E-state index contributed by atoms with van der Waals surface area (Å²) < 4.78 is 76.7. The quantitative estimate of drug-likeness (QED) is 0.562. The summed E-state index contributed by atoms with van der Waals surface area (Å²) in [7, 11) is 0. The largest absolute Gasteiger partial charge is 0.416 e. The van der Waals surface area contributed by atoms with Crippen LogP contribution in [0.3, 0.4) is 0 Å². The van der Waals surface area contributed by atoms with Gasteiger partial charge in [-0.15, -0.1) is 6.58 Å². The fourth-order valence-corrected chi connectivity index (χ4v) is 2.12. The fraction of sp³-hybridized carbons (Fsp3) is 0.375. The Hall–Kier alpha value is -2.52. The molecular formula is C16H16F6N2O2. The Morgan fingerprint density at radius 1 is 1.08 bits per heavy atom. The van der Waals surface area contributed by atoms with E-state index >= 15 is 0 Å². The van der Waals surface area contributed by atoms with Crippen LogP contribution in [0.4, 0.5) is 26.3 Å². The summed E-state index contributed by atoms with van der Waals surface area (Å²) in [6, 6.07) is -0.221. The van der Waals surface area contributed by atoms with E-state index in [1.54, 1.807) is 0 Å². The number of carbonyl (C=O) groups is 2. The second-order valence-corrected chi connectivity index (χ2v) is 5.48. The van der Waals surface area contributed by atoms with Crippen molar-refractivity contribution in [2.24, 2.45) is 5.73 Å². The van der Waals surface area contributed by atoms with Gasteiger partial charge in [-0.05, 0) is 36.6 Å². The summed E-state index contributed by atoms with van der Waals surface area (Å²) in [4.78, 5) is 23.1. The molecule has 10 heteroatoms. The molecule has 26 heavy (non-hydrogen) atoms. The van der Waals surface area contributed by atoms with Gasteiger partial charge in [-0.3, -0.25) is 9.59 Å². The van der Waals surface area contributed by atoms with Crippen LogP contribution < -0.4 is 11.1 Å². The summed E-state index contributed by atoms with van der Waals surface area (Å²) in [5.74, 6) is -1.80. The maximum absolute atomic E-state index is 12.8. The molecule has 0 unspecified atom stereocenters. The van der Waals surface area contributed by atoms with Crippen molar-refractivity contribution in [1.82, 2.24) is 5.32 Å². The van der Waals surface area contributed by atoms with Crippen LogP contribution in [0.5, 0.6) is 0 Å².